The van der Waals surface area contributed by atoms with Crippen LogP contribution in [0.3, 0.4) is 0 Å². The van der Waals surface area contributed by atoms with Crippen molar-refractivity contribution in [3.63, 3.8) is 0 Å². The Labute approximate surface area is 82.2 Å². The van der Waals surface area contributed by atoms with Gasteiger partial charge in [-0.15, -0.1) is 11.6 Å². The van der Waals surface area contributed by atoms with Crippen molar-refractivity contribution in [1.82, 2.24) is 10.1 Å². The molecule has 1 heterocycles. The van der Waals surface area contributed by atoms with E-state index in [2.05, 4.69) is 10.1 Å². The second-order valence-electron chi connectivity index (χ2n) is 2.76. The monoisotopic (exact) mass is 204 g/mol. The zero-order chi connectivity index (χ0) is 9.68. The highest BCUT2D eigenvalue weighted by Gasteiger charge is 2.10. The van der Waals surface area contributed by atoms with Gasteiger partial charge in [-0.3, -0.25) is 0 Å². The van der Waals surface area contributed by atoms with Crippen LogP contribution in [-0.2, 0) is 11.2 Å². The number of hydrogen-bond donors (Lipinski definition) is 0. The third kappa shape index (κ3) is 3.32. The molecule has 0 radical (unpaired) electrons. The summed E-state index contributed by atoms with van der Waals surface area (Å²) in [6.07, 6.45) is 1.62. The Balaban J connectivity index is 2.40. The molecule has 0 aliphatic heterocycles. The lowest BCUT2D eigenvalue weighted by Crippen LogP contribution is -1.93. The van der Waals surface area contributed by atoms with Crippen molar-refractivity contribution in [1.29, 1.82) is 0 Å². The van der Waals surface area contributed by atoms with E-state index in [1.807, 2.05) is 6.92 Å². The van der Waals surface area contributed by atoms with Crippen LogP contribution in [0.5, 0.6) is 0 Å². The van der Waals surface area contributed by atoms with E-state index in [4.69, 9.17) is 20.9 Å². The van der Waals surface area contributed by atoms with Crippen LogP contribution in [0.2, 0.25) is 0 Å². The van der Waals surface area contributed by atoms with Gasteiger partial charge in [0.05, 0.1) is 5.38 Å². The number of aromatic nitrogens is 2. The molecule has 4 nitrogen and oxygen atoms in total. The lowest BCUT2D eigenvalue weighted by Gasteiger charge is -1.93. The Kier molecular flexibility index (Phi) is 4.18. The summed E-state index contributed by atoms with van der Waals surface area (Å²) in [6, 6.07) is 0. The van der Waals surface area contributed by atoms with Crippen LogP contribution in [0, 0.1) is 0 Å². The van der Waals surface area contributed by atoms with Gasteiger partial charge in [-0.05, 0) is 13.3 Å². The highest BCUT2D eigenvalue weighted by Crippen LogP contribution is 2.15. The molecule has 0 saturated heterocycles. The van der Waals surface area contributed by atoms with Crippen LogP contribution in [-0.4, -0.2) is 23.9 Å². The zero-order valence-electron chi connectivity index (χ0n) is 7.79. The van der Waals surface area contributed by atoms with E-state index >= 15 is 0 Å². The highest BCUT2D eigenvalue weighted by atomic mass is 35.5. The summed E-state index contributed by atoms with van der Waals surface area (Å²) in [6.45, 7) is 2.51. The number of halogens is 1. The second kappa shape index (κ2) is 5.19. The van der Waals surface area contributed by atoms with Gasteiger partial charge < -0.3 is 9.26 Å². The van der Waals surface area contributed by atoms with E-state index in [-0.39, 0.29) is 5.38 Å². The molecule has 1 aromatic rings. The highest BCUT2D eigenvalue weighted by molar-refractivity contribution is 6.20. The molecule has 0 aliphatic rings. The first-order valence-electron chi connectivity index (χ1n) is 4.19. The van der Waals surface area contributed by atoms with Crippen LogP contribution in [0.4, 0.5) is 0 Å². The van der Waals surface area contributed by atoms with E-state index in [9.17, 15) is 0 Å². The van der Waals surface area contributed by atoms with Crippen LogP contribution >= 0.6 is 11.6 Å². The van der Waals surface area contributed by atoms with Crippen LogP contribution in [0.25, 0.3) is 0 Å². The molecule has 1 rings (SSSR count). The molecule has 0 fully saturated rings. The molecule has 0 saturated carbocycles. The number of aryl methyl sites for hydroxylation is 1. The molecule has 1 unspecified atom stereocenters. The largest absolute Gasteiger partial charge is 0.385 e. The maximum Gasteiger partial charge on any atom is 0.226 e. The van der Waals surface area contributed by atoms with Crippen LogP contribution < -0.4 is 0 Å². The Bertz CT molecular complexity index is 250. The molecular formula is C8H13ClN2O2. The summed E-state index contributed by atoms with van der Waals surface area (Å²) in [4.78, 5) is 4.12. The summed E-state index contributed by atoms with van der Waals surface area (Å²) < 4.78 is 9.87. The van der Waals surface area contributed by atoms with Gasteiger partial charge in [0.25, 0.3) is 0 Å². The molecule has 0 aliphatic carbocycles. The van der Waals surface area contributed by atoms with E-state index in [1.54, 1.807) is 7.11 Å². The first-order valence-corrected chi connectivity index (χ1v) is 4.63. The first kappa shape index (κ1) is 10.5. The van der Waals surface area contributed by atoms with Crippen molar-refractivity contribution < 1.29 is 9.26 Å². The van der Waals surface area contributed by atoms with Crippen molar-refractivity contribution in [2.45, 2.75) is 25.1 Å². The summed E-state index contributed by atoms with van der Waals surface area (Å²) in [5.41, 5.74) is 0. The third-order valence-corrected chi connectivity index (χ3v) is 1.77. The molecule has 1 aromatic heterocycles. The first-order chi connectivity index (χ1) is 6.24. The lowest BCUT2D eigenvalue weighted by molar-refractivity contribution is 0.192. The van der Waals surface area contributed by atoms with Gasteiger partial charge in [0.2, 0.25) is 5.89 Å². The number of hydrogen-bond acceptors (Lipinski definition) is 4. The van der Waals surface area contributed by atoms with Gasteiger partial charge in [0, 0.05) is 20.1 Å². The van der Waals surface area contributed by atoms with Gasteiger partial charge >= 0.3 is 0 Å². The Morgan fingerprint density at radius 2 is 2.38 bits per heavy atom. The number of methoxy groups -OCH3 is 1. The fourth-order valence-corrected chi connectivity index (χ4v) is 0.988. The quantitative estimate of drug-likeness (QED) is 0.543. The standard InChI is InChI=1S/C8H13ClN2O2/c1-6(9)8-10-7(13-11-8)4-3-5-12-2/h6H,3-5H2,1-2H3. The maximum atomic E-state index is 5.77. The van der Waals surface area contributed by atoms with Crippen molar-refractivity contribution in [3.8, 4) is 0 Å². The fraction of sp³-hybridized carbons (Fsp3) is 0.750. The Morgan fingerprint density at radius 1 is 1.62 bits per heavy atom. The lowest BCUT2D eigenvalue weighted by atomic mass is 10.3. The predicted molar refractivity (Wildman–Crippen MR) is 48.8 cm³/mol. The minimum absolute atomic E-state index is 0.195. The molecule has 13 heavy (non-hydrogen) atoms. The molecule has 0 amide bonds. The summed E-state index contributed by atoms with van der Waals surface area (Å²) in [5, 5.41) is 3.54. The number of rotatable bonds is 5. The predicted octanol–water partition coefficient (Wildman–Crippen LogP) is 1.95. The van der Waals surface area contributed by atoms with E-state index in [1.165, 1.54) is 0 Å². The van der Waals surface area contributed by atoms with Gasteiger partial charge in [-0.25, -0.2) is 0 Å². The molecule has 0 N–H and O–H groups in total. The topological polar surface area (TPSA) is 48.2 Å². The summed E-state index contributed by atoms with van der Waals surface area (Å²) >= 11 is 5.77. The fourth-order valence-electron chi connectivity index (χ4n) is 0.899. The number of alkyl halides is 1. The average Bonchev–Trinajstić information content (AvgIpc) is 2.53. The van der Waals surface area contributed by atoms with E-state index in [0.29, 0.717) is 18.3 Å². The molecule has 1 atom stereocenters. The second-order valence-corrected chi connectivity index (χ2v) is 3.41. The Morgan fingerprint density at radius 3 is 2.92 bits per heavy atom. The number of nitrogens with zero attached hydrogens (tertiary/aromatic N) is 2. The molecule has 0 aromatic carbocycles. The van der Waals surface area contributed by atoms with Crippen molar-refractivity contribution in [3.05, 3.63) is 11.7 Å². The van der Waals surface area contributed by atoms with Gasteiger partial charge in [0.1, 0.15) is 0 Å². The minimum Gasteiger partial charge on any atom is -0.385 e. The normalized spacial score (nSPS) is 13.2. The smallest absolute Gasteiger partial charge is 0.226 e. The van der Waals surface area contributed by atoms with E-state index in [0.717, 1.165) is 12.8 Å². The summed E-state index contributed by atoms with van der Waals surface area (Å²) in [5.74, 6) is 1.17. The van der Waals surface area contributed by atoms with Crippen molar-refractivity contribution in [2.24, 2.45) is 0 Å². The van der Waals surface area contributed by atoms with Crippen molar-refractivity contribution in [2.75, 3.05) is 13.7 Å². The zero-order valence-corrected chi connectivity index (χ0v) is 8.54. The average molecular weight is 205 g/mol. The van der Waals surface area contributed by atoms with Gasteiger partial charge in [-0.1, -0.05) is 5.16 Å². The number of ether oxygens (including phenoxy) is 1. The van der Waals surface area contributed by atoms with Gasteiger partial charge in [-0.2, -0.15) is 4.98 Å². The van der Waals surface area contributed by atoms with Crippen molar-refractivity contribution >= 4 is 11.6 Å². The molecule has 5 heteroatoms. The minimum atomic E-state index is -0.195. The Hall–Kier alpha value is -0.610. The SMILES string of the molecule is COCCCc1nc(C(C)Cl)no1. The van der Waals surface area contributed by atoms with Gasteiger partial charge in [0.15, 0.2) is 5.82 Å². The third-order valence-electron chi connectivity index (χ3n) is 1.58. The maximum absolute atomic E-state index is 5.77. The molecular weight excluding hydrogens is 192 g/mol. The van der Waals surface area contributed by atoms with Crippen LogP contribution in [0.1, 0.15) is 30.4 Å². The molecule has 0 spiro atoms. The molecule has 74 valence electrons. The summed E-state index contributed by atoms with van der Waals surface area (Å²) in [7, 11) is 1.67. The van der Waals surface area contributed by atoms with Crippen LogP contribution in [0.15, 0.2) is 4.52 Å². The molecule has 0 bridgehead atoms. The van der Waals surface area contributed by atoms with E-state index < -0.39 is 0 Å².